The van der Waals surface area contributed by atoms with Crippen molar-refractivity contribution in [1.82, 2.24) is 0 Å². The Bertz CT molecular complexity index is 371. The van der Waals surface area contributed by atoms with Gasteiger partial charge in [-0.15, -0.1) is 0 Å². The third kappa shape index (κ3) is 3.70. The van der Waals surface area contributed by atoms with Crippen molar-refractivity contribution in [1.29, 1.82) is 0 Å². The first-order chi connectivity index (χ1) is 7.69. The van der Waals surface area contributed by atoms with E-state index in [0.717, 1.165) is 12.8 Å². The predicted octanol–water partition coefficient (Wildman–Crippen LogP) is 4.52. The normalized spacial score (nSPS) is 26.4. The first kappa shape index (κ1) is 15.0. The van der Waals surface area contributed by atoms with Crippen LogP contribution >= 0.6 is 0 Å². The van der Waals surface area contributed by atoms with Crippen LogP contribution in [0.25, 0.3) is 0 Å². The van der Waals surface area contributed by atoms with Gasteiger partial charge in [-0.25, -0.2) is 0 Å². The molecule has 1 atom stereocenters. The molecule has 0 saturated carbocycles. The summed E-state index contributed by atoms with van der Waals surface area (Å²) in [4.78, 5) is 18.9. The molecule has 0 aromatic carbocycles. The standard InChI is InChI=1S/C12H17O.3CH3.Sn/c1-4-6-7-12(3)9-11(13)8-10(12)5-2;;;;/h6,8H,5,7,9H2,1-3H3;3*1H3;. The molecule has 0 spiro atoms. The number of allylic oxidation sites excluding steroid dienone is 4. The third-order valence-electron chi connectivity index (χ3n) is 4.10. The van der Waals surface area contributed by atoms with E-state index in [1.54, 1.807) is 3.59 Å². The van der Waals surface area contributed by atoms with Crippen molar-refractivity contribution in [2.75, 3.05) is 0 Å². The van der Waals surface area contributed by atoms with E-state index >= 15 is 0 Å². The van der Waals surface area contributed by atoms with E-state index in [0.29, 0.717) is 12.2 Å². The predicted molar refractivity (Wildman–Crippen MR) is 77.8 cm³/mol. The van der Waals surface area contributed by atoms with Crippen molar-refractivity contribution in [2.24, 2.45) is 5.41 Å². The molecule has 0 saturated heterocycles. The van der Waals surface area contributed by atoms with Gasteiger partial charge in [0.1, 0.15) is 0 Å². The molecule has 1 unspecified atom stereocenters. The summed E-state index contributed by atoms with van der Waals surface area (Å²) >= 11 is -1.87. The summed E-state index contributed by atoms with van der Waals surface area (Å²) in [6.07, 6.45) is 7.05. The molecule has 0 aromatic heterocycles. The van der Waals surface area contributed by atoms with Crippen LogP contribution in [0.1, 0.15) is 40.0 Å². The van der Waals surface area contributed by atoms with Crippen LogP contribution < -0.4 is 0 Å². The number of carbonyl (C=O) groups excluding carboxylic acids is 1. The van der Waals surface area contributed by atoms with Gasteiger partial charge in [0, 0.05) is 0 Å². The Morgan fingerprint density at radius 1 is 1.47 bits per heavy atom. The van der Waals surface area contributed by atoms with Crippen LogP contribution in [0.5, 0.6) is 0 Å². The molecule has 2 heteroatoms. The molecule has 0 radical (unpaired) electrons. The summed E-state index contributed by atoms with van der Waals surface area (Å²) in [5, 5.41) is 0. The van der Waals surface area contributed by atoms with Gasteiger partial charge in [0.05, 0.1) is 0 Å². The van der Waals surface area contributed by atoms with Crippen LogP contribution in [-0.2, 0) is 4.79 Å². The van der Waals surface area contributed by atoms with Crippen molar-refractivity contribution < 1.29 is 4.79 Å². The van der Waals surface area contributed by atoms with Crippen LogP contribution in [0.2, 0.25) is 14.8 Å². The zero-order chi connectivity index (χ0) is 13.3. The van der Waals surface area contributed by atoms with Crippen LogP contribution in [-0.4, -0.2) is 24.2 Å². The summed E-state index contributed by atoms with van der Waals surface area (Å²) in [7, 11) is 0. The van der Waals surface area contributed by atoms with Gasteiger partial charge in [-0.05, 0) is 0 Å². The van der Waals surface area contributed by atoms with Gasteiger partial charge in [0.2, 0.25) is 0 Å². The van der Waals surface area contributed by atoms with Crippen molar-refractivity contribution in [3.05, 3.63) is 21.3 Å². The summed E-state index contributed by atoms with van der Waals surface area (Å²) in [6.45, 7) is 6.68. The van der Waals surface area contributed by atoms with Gasteiger partial charge >= 0.3 is 111 Å². The molecule has 1 aliphatic carbocycles. The Morgan fingerprint density at radius 2 is 2.06 bits per heavy atom. The molecule has 0 aromatic rings. The monoisotopic (exact) mass is 342 g/mol. The van der Waals surface area contributed by atoms with E-state index in [1.807, 2.05) is 6.08 Å². The van der Waals surface area contributed by atoms with E-state index in [2.05, 4.69) is 41.7 Å². The van der Waals surface area contributed by atoms with E-state index in [9.17, 15) is 4.79 Å². The average Bonchev–Trinajstić information content (AvgIpc) is 2.49. The number of hydrogen-bond donors (Lipinski definition) is 0. The van der Waals surface area contributed by atoms with Gasteiger partial charge < -0.3 is 0 Å². The molecule has 1 nitrogen and oxygen atoms in total. The molecule has 0 heterocycles. The maximum absolute atomic E-state index is 11.6. The van der Waals surface area contributed by atoms with Gasteiger partial charge in [-0.3, -0.25) is 0 Å². The first-order valence-electron chi connectivity index (χ1n) is 6.60. The SMILES string of the molecule is CCC1=CC(=O)CC1(C)C/C=[C](\C)[Sn]([CH3])([CH3])[CH3]. The zero-order valence-corrected chi connectivity index (χ0v) is 15.0. The minimum absolute atomic E-state index is 0.101. The topological polar surface area (TPSA) is 17.1 Å². The maximum atomic E-state index is 11.6. The Morgan fingerprint density at radius 3 is 2.53 bits per heavy atom. The Kier molecular flexibility index (Phi) is 4.67. The van der Waals surface area contributed by atoms with Gasteiger partial charge in [-0.1, -0.05) is 0 Å². The van der Waals surface area contributed by atoms with E-state index in [4.69, 9.17) is 0 Å². The van der Waals surface area contributed by atoms with Crippen LogP contribution in [0.4, 0.5) is 0 Å². The van der Waals surface area contributed by atoms with Crippen molar-refractivity contribution in [3.8, 4) is 0 Å². The van der Waals surface area contributed by atoms with Crippen molar-refractivity contribution in [2.45, 2.75) is 54.9 Å². The fourth-order valence-corrected chi connectivity index (χ4v) is 4.37. The molecule has 1 aliphatic rings. The Labute approximate surface area is 110 Å². The fraction of sp³-hybridized carbons (Fsp3) is 0.667. The molecule has 0 amide bonds. The molecule has 0 aliphatic heterocycles. The molecule has 0 bridgehead atoms. The number of ketones is 1. The quantitative estimate of drug-likeness (QED) is 0.688. The number of carbonyl (C=O) groups is 1. The minimum atomic E-state index is -1.87. The Balaban J connectivity index is 2.82. The average molecular weight is 341 g/mol. The van der Waals surface area contributed by atoms with E-state index in [-0.39, 0.29) is 5.41 Å². The summed E-state index contributed by atoms with van der Waals surface area (Å²) in [5.41, 5.74) is 1.44. The first-order valence-corrected chi connectivity index (χ1v) is 16.6. The zero-order valence-electron chi connectivity index (χ0n) is 12.2. The van der Waals surface area contributed by atoms with Crippen LogP contribution in [0.3, 0.4) is 0 Å². The molecule has 0 N–H and O–H groups in total. The fourth-order valence-electron chi connectivity index (χ4n) is 2.33. The Hall–Kier alpha value is -0.0513. The molecule has 17 heavy (non-hydrogen) atoms. The van der Waals surface area contributed by atoms with Gasteiger partial charge in [0.15, 0.2) is 0 Å². The molecular formula is C15H26OSn. The van der Waals surface area contributed by atoms with Crippen molar-refractivity contribution in [3.63, 3.8) is 0 Å². The summed E-state index contributed by atoms with van der Waals surface area (Å²) in [5.74, 6) is 0.315. The second kappa shape index (κ2) is 5.29. The summed E-state index contributed by atoms with van der Waals surface area (Å²) < 4.78 is 1.62. The van der Waals surface area contributed by atoms with Crippen LogP contribution in [0, 0.1) is 5.41 Å². The van der Waals surface area contributed by atoms with E-state index < -0.39 is 18.4 Å². The molecule has 96 valence electrons. The van der Waals surface area contributed by atoms with Gasteiger partial charge in [0.25, 0.3) is 0 Å². The second-order valence-electron chi connectivity index (χ2n) is 6.57. The summed E-state index contributed by atoms with van der Waals surface area (Å²) in [6, 6.07) is 0. The van der Waals surface area contributed by atoms with Gasteiger partial charge in [-0.2, -0.15) is 0 Å². The third-order valence-corrected chi connectivity index (χ3v) is 11.4. The number of hydrogen-bond acceptors (Lipinski definition) is 1. The van der Waals surface area contributed by atoms with Crippen LogP contribution in [0.15, 0.2) is 21.3 Å². The molecular weight excluding hydrogens is 315 g/mol. The second-order valence-corrected chi connectivity index (χ2v) is 21.7. The molecule has 1 rings (SSSR count). The molecule has 0 fully saturated rings. The number of rotatable bonds is 4. The van der Waals surface area contributed by atoms with E-state index in [1.165, 1.54) is 5.57 Å². The van der Waals surface area contributed by atoms with Crippen molar-refractivity contribution >= 4 is 24.2 Å².